The molecular formula is C39H41N5O4. The van der Waals surface area contributed by atoms with E-state index in [9.17, 15) is 19.6 Å². The maximum Gasteiger partial charge on any atom is 0.410 e. The van der Waals surface area contributed by atoms with Crippen LogP contribution in [0.2, 0.25) is 0 Å². The molecule has 4 aromatic rings. The van der Waals surface area contributed by atoms with E-state index < -0.39 is 35.0 Å². The zero-order chi connectivity index (χ0) is 34.3. The van der Waals surface area contributed by atoms with Crippen LogP contribution < -0.4 is 10.2 Å². The summed E-state index contributed by atoms with van der Waals surface area (Å²) < 4.78 is 5.55. The number of carbonyl (C=O) groups excluding carboxylic acids is 3. The van der Waals surface area contributed by atoms with Gasteiger partial charge < -0.3 is 15.0 Å². The molecule has 0 bridgehead atoms. The topological polar surface area (TPSA) is 116 Å². The van der Waals surface area contributed by atoms with Crippen molar-refractivity contribution >= 4 is 23.6 Å². The van der Waals surface area contributed by atoms with E-state index in [2.05, 4.69) is 16.4 Å². The Morgan fingerprint density at radius 1 is 0.875 bits per heavy atom. The highest BCUT2D eigenvalue weighted by molar-refractivity contribution is 6.05. The summed E-state index contributed by atoms with van der Waals surface area (Å²) in [4.78, 5) is 49.5. The number of hydrogen-bond acceptors (Lipinski definition) is 6. The Hall–Kier alpha value is -5.49. The third-order valence-electron chi connectivity index (χ3n) is 8.53. The van der Waals surface area contributed by atoms with Gasteiger partial charge in [0.2, 0.25) is 11.8 Å². The Balaban J connectivity index is 1.55. The summed E-state index contributed by atoms with van der Waals surface area (Å²) in [6, 6.07) is 31.1. The zero-order valence-electron chi connectivity index (χ0n) is 27.8. The van der Waals surface area contributed by atoms with Crippen LogP contribution in [0.15, 0.2) is 109 Å². The van der Waals surface area contributed by atoms with E-state index in [1.54, 1.807) is 57.4 Å². The molecular weight excluding hydrogens is 602 g/mol. The lowest BCUT2D eigenvalue weighted by Gasteiger charge is -2.41. The highest BCUT2D eigenvalue weighted by Gasteiger charge is 2.49. The van der Waals surface area contributed by atoms with Crippen molar-refractivity contribution in [2.24, 2.45) is 5.41 Å². The van der Waals surface area contributed by atoms with Crippen LogP contribution in [0.25, 0.3) is 11.1 Å². The molecule has 9 nitrogen and oxygen atoms in total. The van der Waals surface area contributed by atoms with Gasteiger partial charge in [-0.2, -0.15) is 5.26 Å². The van der Waals surface area contributed by atoms with Crippen LogP contribution in [0.3, 0.4) is 0 Å². The number of ether oxygens (including phenoxy) is 1. The summed E-state index contributed by atoms with van der Waals surface area (Å²) >= 11 is 0. The average molecular weight is 644 g/mol. The molecule has 0 radical (unpaired) electrons. The van der Waals surface area contributed by atoms with Gasteiger partial charge in [0.15, 0.2) is 0 Å². The standard InChI is InChI=1S/C39H41N5O4/c1-28(29-12-7-5-8-13-29)42-35(45)34(32-16-11-23-41-26-32)44(33-19-17-31(18-20-33)30-14-9-6-10-15-30)36(46)39(27-40)21-24-43(25-22-39)37(47)48-38(2,3)4/h5-20,23,26,28,34H,21-22,24-25H2,1-4H3,(H,42,45)/t28-,34?/m0/s1. The van der Waals surface area contributed by atoms with Crippen LogP contribution in [-0.4, -0.2) is 46.5 Å². The number of rotatable bonds is 8. The maximum absolute atomic E-state index is 15.0. The smallest absolute Gasteiger partial charge is 0.410 e. The number of nitrogens with one attached hydrogen (secondary N) is 1. The number of nitrogens with zero attached hydrogens (tertiary/aromatic N) is 4. The summed E-state index contributed by atoms with van der Waals surface area (Å²) in [6.45, 7) is 7.58. The van der Waals surface area contributed by atoms with Crippen molar-refractivity contribution in [1.82, 2.24) is 15.2 Å². The number of benzene rings is 3. The minimum atomic E-state index is -1.50. The van der Waals surface area contributed by atoms with Crippen LogP contribution in [0, 0.1) is 16.7 Å². The Bertz CT molecular complexity index is 1740. The van der Waals surface area contributed by atoms with Crippen LogP contribution in [-0.2, 0) is 14.3 Å². The average Bonchev–Trinajstić information content (AvgIpc) is 3.10. The Labute approximate surface area is 282 Å². The zero-order valence-corrected chi connectivity index (χ0v) is 27.8. The number of carbonyl (C=O) groups is 3. The van der Waals surface area contributed by atoms with Gasteiger partial charge in [-0.25, -0.2) is 4.79 Å². The first-order chi connectivity index (χ1) is 23.0. The summed E-state index contributed by atoms with van der Waals surface area (Å²) in [7, 11) is 0. The second-order valence-electron chi connectivity index (χ2n) is 13.1. The van der Waals surface area contributed by atoms with Gasteiger partial charge in [0.1, 0.15) is 17.1 Å². The molecule has 2 heterocycles. The molecule has 0 saturated carbocycles. The number of likely N-dealkylation sites (tertiary alicyclic amines) is 1. The predicted molar refractivity (Wildman–Crippen MR) is 184 cm³/mol. The van der Waals surface area contributed by atoms with Gasteiger partial charge in [-0.05, 0) is 75.4 Å². The number of piperidine rings is 1. The third kappa shape index (κ3) is 7.72. The largest absolute Gasteiger partial charge is 0.444 e. The minimum absolute atomic E-state index is 0.0853. The fraction of sp³-hybridized carbons (Fsp3) is 0.308. The Morgan fingerprint density at radius 2 is 1.46 bits per heavy atom. The van der Waals surface area contributed by atoms with Crippen molar-refractivity contribution in [1.29, 1.82) is 5.26 Å². The maximum atomic E-state index is 15.0. The third-order valence-corrected chi connectivity index (χ3v) is 8.53. The van der Waals surface area contributed by atoms with E-state index in [1.165, 1.54) is 9.80 Å². The molecule has 1 aromatic heterocycles. The fourth-order valence-electron chi connectivity index (χ4n) is 5.90. The normalized spacial score (nSPS) is 15.4. The molecule has 9 heteroatoms. The highest BCUT2D eigenvalue weighted by Crippen LogP contribution is 2.39. The molecule has 1 N–H and O–H groups in total. The molecule has 246 valence electrons. The fourth-order valence-corrected chi connectivity index (χ4v) is 5.90. The van der Waals surface area contributed by atoms with Crippen molar-refractivity contribution < 1.29 is 19.1 Å². The van der Waals surface area contributed by atoms with Gasteiger partial charge in [-0.1, -0.05) is 78.9 Å². The molecule has 5 rings (SSSR count). The van der Waals surface area contributed by atoms with Gasteiger partial charge in [0.25, 0.3) is 0 Å². The second kappa shape index (κ2) is 14.5. The Kier molecular flexibility index (Phi) is 10.2. The van der Waals surface area contributed by atoms with Gasteiger partial charge in [0, 0.05) is 36.7 Å². The minimum Gasteiger partial charge on any atom is -0.444 e. The van der Waals surface area contributed by atoms with Crippen molar-refractivity contribution in [3.8, 4) is 17.2 Å². The van der Waals surface area contributed by atoms with Crippen molar-refractivity contribution in [2.45, 2.75) is 58.2 Å². The molecule has 1 fully saturated rings. The van der Waals surface area contributed by atoms with Crippen molar-refractivity contribution in [2.75, 3.05) is 18.0 Å². The van der Waals surface area contributed by atoms with E-state index in [0.29, 0.717) is 11.3 Å². The first kappa shape index (κ1) is 33.9. The number of anilines is 1. The van der Waals surface area contributed by atoms with Crippen LogP contribution >= 0.6 is 0 Å². The molecule has 48 heavy (non-hydrogen) atoms. The summed E-state index contributed by atoms with van der Waals surface area (Å²) in [6.07, 6.45) is 2.86. The van der Waals surface area contributed by atoms with Gasteiger partial charge in [-0.15, -0.1) is 0 Å². The van der Waals surface area contributed by atoms with E-state index in [1.807, 2.05) is 79.7 Å². The lowest BCUT2D eigenvalue weighted by molar-refractivity contribution is -0.132. The molecule has 2 atom stereocenters. The van der Waals surface area contributed by atoms with Gasteiger partial charge in [-0.3, -0.25) is 19.5 Å². The monoisotopic (exact) mass is 643 g/mol. The van der Waals surface area contributed by atoms with Crippen LogP contribution in [0.5, 0.6) is 0 Å². The molecule has 1 saturated heterocycles. The number of amides is 3. The number of hydrogen-bond donors (Lipinski definition) is 1. The van der Waals surface area contributed by atoms with Gasteiger partial charge >= 0.3 is 6.09 Å². The van der Waals surface area contributed by atoms with Crippen LogP contribution in [0.4, 0.5) is 10.5 Å². The van der Waals surface area contributed by atoms with E-state index in [-0.39, 0.29) is 32.0 Å². The van der Waals surface area contributed by atoms with Crippen molar-refractivity contribution in [3.05, 3.63) is 121 Å². The number of nitriles is 1. The molecule has 1 unspecified atom stereocenters. The summed E-state index contributed by atoms with van der Waals surface area (Å²) in [5, 5.41) is 13.8. The highest BCUT2D eigenvalue weighted by atomic mass is 16.6. The first-order valence-electron chi connectivity index (χ1n) is 16.1. The molecule has 3 amide bonds. The summed E-state index contributed by atoms with van der Waals surface area (Å²) in [5.74, 6) is -0.934. The summed E-state index contributed by atoms with van der Waals surface area (Å²) in [5.41, 5.74) is 1.62. The molecule has 1 aliphatic heterocycles. The van der Waals surface area contributed by atoms with E-state index in [4.69, 9.17) is 4.74 Å². The quantitative estimate of drug-likeness (QED) is 0.216. The second-order valence-corrected chi connectivity index (χ2v) is 13.1. The number of pyridine rings is 1. The SMILES string of the molecule is C[C@H](NC(=O)C(c1cccnc1)N(C(=O)C1(C#N)CCN(C(=O)OC(C)(C)C)CC1)c1ccc(-c2ccccc2)cc1)c1ccccc1. The molecule has 1 aliphatic rings. The Morgan fingerprint density at radius 3 is 2.02 bits per heavy atom. The van der Waals surface area contributed by atoms with E-state index >= 15 is 0 Å². The lowest BCUT2D eigenvalue weighted by Crippen LogP contribution is -2.54. The predicted octanol–water partition coefficient (Wildman–Crippen LogP) is 7.24. The molecule has 3 aromatic carbocycles. The first-order valence-corrected chi connectivity index (χ1v) is 16.1. The van der Waals surface area contributed by atoms with Crippen LogP contribution in [0.1, 0.15) is 63.7 Å². The number of aromatic nitrogens is 1. The molecule has 0 aliphatic carbocycles. The van der Waals surface area contributed by atoms with E-state index in [0.717, 1.165) is 16.7 Å². The van der Waals surface area contributed by atoms with Crippen molar-refractivity contribution in [3.63, 3.8) is 0 Å². The lowest BCUT2D eigenvalue weighted by atomic mass is 9.77. The van der Waals surface area contributed by atoms with Gasteiger partial charge in [0.05, 0.1) is 12.1 Å². The molecule has 0 spiro atoms.